The van der Waals surface area contributed by atoms with E-state index in [2.05, 4.69) is 20.4 Å². The van der Waals surface area contributed by atoms with Crippen molar-refractivity contribution in [3.63, 3.8) is 0 Å². The van der Waals surface area contributed by atoms with Gasteiger partial charge in [-0.05, 0) is 25.1 Å². The zero-order valence-corrected chi connectivity index (χ0v) is 12.5. The lowest BCUT2D eigenvalue weighted by molar-refractivity contribution is 0.361. The molecule has 1 aromatic carbocycles. The van der Waals surface area contributed by atoms with E-state index in [-0.39, 0.29) is 12.0 Å². The van der Waals surface area contributed by atoms with E-state index in [0.29, 0.717) is 11.8 Å². The number of nitrogens with one attached hydrogen (secondary N) is 1. The van der Waals surface area contributed by atoms with E-state index in [1.807, 2.05) is 45.9 Å². The Morgan fingerprint density at radius 2 is 1.95 bits per heavy atom. The number of hydrogen-bond acceptors (Lipinski definition) is 6. The maximum atomic E-state index is 5.46. The van der Waals surface area contributed by atoms with Crippen molar-refractivity contribution in [3.8, 4) is 0 Å². The van der Waals surface area contributed by atoms with Crippen molar-refractivity contribution in [2.75, 3.05) is 5.32 Å². The molecule has 1 N–H and O–H groups in total. The van der Waals surface area contributed by atoms with Gasteiger partial charge in [0, 0.05) is 18.5 Å². The van der Waals surface area contributed by atoms with Gasteiger partial charge in [-0.25, -0.2) is 4.98 Å². The number of nitrogens with zero attached hydrogens (tertiary/aromatic N) is 3. The van der Waals surface area contributed by atoms with Crippen molar-refractivity contribution in [2.24, 2.45) is 0 Å². The van der Waals surface area contributed by atoms with Gasteiger partial charge >= 0.3 is 0 Å². The Hall–Kier alpha value is -2.37. The zero-order valence-electron chi connectivity index (χ0n) is 12.5. The molecule has 110 valence electrons. The van der Waals surface area contributed by atoms with Crippen LogP contribution in [0.5, 0.6) is 0 Å². The third kappa shape index (κ3) is 2.74. The summed E-state index contributed by atoms with van der Waals surface area (Å²) in [5, 5.41) is 7.31. The molecule has 0 aliphatic carbocycles. The van der Waals surface area contributed by atoms with Gasteiger partial charge in [0.25, 0.3) is 0 Å². The molecule has 6 nitrogen and oxygen atoms in total. The molecule has 0 aliphatic heterocycles. The van der Waals surface area contributed by atoms with Gasteiger partial charge in [-0.15, -0.1) is 0 Å². The minimum atomic E-state index is -0.0737. The number of anilines is 1. The van der Waals surface area contributed by atoms with E-state index in [9.17, 15) is 0 Å². The Labute approximate surface area is 122 Å². The number of fused-ring (bicyclic) bond motifs is 1. The minimum Gasteiger partial charge on any atom is -0.441 e. The third-order valence-electron chi connectivity index (χ3n) is 3.22. The molecule has 0 aliphatic rings. The van der Waals surface area contributed by atoms with Gasteiger partial charge in [-0.3, -0.25) is 0 Å². The molecule has 2 heterocycles. The topological polar surface area (TPSA) is 77.0 Å². The summed E-state index contributed by atoms with van der Waals surface area (Å²) in [6.45, 7) is 7.89. The molecular formula is C15H18N4O2. The first-order valence-electron chi connectivity index (χ1n) is 7.00. The van der Waals surface area contributed by atoms with Crippen molar-refractivity contribution in [1.29, 1.82) is 0 Å². The molecule has 0 radical (unpaired) electrons. The van der Waals surface area contributed by atoms with Crippen molar-refractivity contribution >= 4 is 16.8 Å². The van der Waals surface area contributed by atoms with Crippen LogP contribution in [0.2, 0.25) is 0 Å². The molecule has 3 rings (SSSR count). The summed E-state index contributed by atoms with van der Waals surface area (Å²) in [6, 6.07) is 5.72. The predicted octanol–water partition coefficient (Wildman–Crippen LogP) is 3.82. The first kappa shape index (κ1) is 13.6. The monoisotopic (exact) mass is 286 g/mol. The Morgan fingerprint density at radius 1 is 1.14 bits per heavy atom. The van der Waals surface area contributed by atoms with E-state index >= 15 is 0 Å². The van der Waals surface area contributed by atoms with Gasteiger partial charge in [0.05, 0.1) is 0 Å². The smallest absolute Gasteiger partial charge is 0.248 e. The molecule has 0 fully saturated rings. The van der Waals surface area contributed by atoms with E-state index in [1.54, 1.807) is 0 Å². The van der Waals surface area contributed by atoms with Crippen LogP contribution < -0.4 is 5.32 Å². The lowest BCUT2D eigenvalue weighted by atomic mass is 10.2. The second kappa shape index (κ2) is 5.20. The van der Waals surface area contributed by atoms with Crippen LogP contribution in [0.3, 0.4) is 0 Å². The Balaban J connectivity index is 1.79. The molecule has 0 amide bonds. The zero-order chi connectivity index (χ0) is 15.0. The number of aromatic nitrogens is 3. The Kier molecular flexibility index (Phi) is 3.37. The quantitative estimate of drug-likeness (QED) is 0.785. The van der Waals surface area contributed by atoms with Crippen molar-refractivity contribution < 1.29 is 8.94 Å². The highest BCUT2D eigenvalue weighted by Crippen LogP contribution is 2.23. The van der Waals surface area contributed by atoms with E-state index in [4.69, 9.17) is 8.94 Å². The largest absolute Gasteiger partial charge is 0.441 e. The van der Waals surface area contributed by atoms with Crippen LogP contribution in [0.1, 0.15) is 50.3 Å². The van der Waals surface area contributed by atoms with E-state index < -0.39 is 0 Å². The van der Waals surface area contributed by atoms with E-state index in [0.717, 1.165) is 22.6 Å². The van der Waals surface area contributed by atoms with Crippen LogP contribution >= 0.6 is 0 Å². The highest BCUT2D eigenvalue weighted by Gasteiger charge is 2.16. The van der Waals surface area contributed by atoms with Gasteiger partial charge in [-0.2, -0.15) is 4.98 Å². The number of rotatable bonds is 4. The molecule has 3 aromatic rings. The van der Waals surface area contributed by atoms with Gasteiger partial charge in [0.15, 0.2) is 17.3 Å². The number of benzene rings is 1. The molecular weight excluding hydrogens is 268 g/mol. The first-order valence-corrected chi connectivity index (χ1v) is 7.00. The van der Waals surface area contributed by atoms with Gasteiger partial charge < -0.3 is 14.3 Å². The second-order valence-corrected chi connectivity index (χ2v) is 5.43. The fourth-order valence-electron chi connectivity index (χ4n) is 2.10. The van der Waals surface area contributed by atoms with Crippen molar-refractivity contribution in [1.82, 2.24) is 15.1 Å². The molecule has 1 unspecified atom stereocenters. The Bertz CT molecular complexity index is 760. The van der Waals surface area contributed by atoms with Crippen LogP contribution in [0.25, 0.3) is 11.1 Å². The van der Waals surface area contributed by atoms with Gasteiger partial charge in [0.1, 0.15) is 11.6 Å². The summed E-state index contributed by atoms with van der Waals surface area (Å²) >= 11 is 0. The lowest BCUT2D eigenvalue weighted by Crippen LogP contribution is -2.07. The van der Waals surface area contributed by atoms with Crippen LogP contribution in [0.15, 0.2) is 27.1 Å². The van der Waals surface area contributed by atoms with Crippen molar-refractivity contribution in [3.05, 3.63) is 35.8 Å². The van der Waals surface area contributed by atoms with Crippen LogP contribution in [0, 0.1) is 6.92 Å². The minimum absolute atomic E-state index is 0.0737. The van der Waals surface area contributed by atoms with Crippen LogP contribution in [-0.2, 0) is 0 Å². The Morgan fingerprint density at radius 3 is 2.67 bits per heavy atom. The second-order valence-electron chi connectivity index (χ2n) is 5.43. The molecule has 0 saturated heterocycles. The fraction of sp³-hybridized carbons (Fsp3) is 0.400. The highest BCUT2D eigenvalue weighted by molar-refractivity contribution is 5.77. The normalized spacial score (nSPS) is 13.0. The summed E-state index contributed by atoms with van der Waals surface area (Å²) < 4.78 is 10.8. The number of aryl methyl sites for hydroxylation is 1. The first-order chi connectivity index (χ1) is 10.0. The molecule has 1 atom stereocenters. The van der Waals surface area contributed by atoms with Gasteiger partial charge in [-0.1, -0.05) is 19.0 Å². The lowest BCUT2D eigenvalue weighted by Gasteiger charge is -2.10. The summed E-state index contributed by atoms with van der Waals surface area (Å²) in [5.41, 5.74) is 2.55. The summed E-state index contributed by atoms with van der Waals surface area (Å²) in [7, 11) is 0. The molecule has 0 saturated carbocycles. The molecule has 6 heteroatoms. The van der Waals surface area contributed by atoms with Crippen LogP contribution in [0.4, 0.5) is 5.69 Å². The molecule has 21 heavy (non-hydrogen) atoms. The predicted molar refractivity (Wildman–Crippen MR) is 79.2 cm³/mol. The van der Waals surface area contributed by atoms with E-state index in [1.165, 1.54) is 0 Å². The summed E-state index contributed by atoms with van der Waals surface area (Å²) in [4.78, 5) is 8.72. The third-order valence-corrected chi connectivity index (χ3v) is 3.22. The van der Waals surface area contributed by atoms with Gasteiger partial charge in [0.2, 0.25) is 5.89 Å². The summed E-state index contributed by atoms with van der Waals surface area (Å²) in [6.07, 6.45) is 0. The van der Waals surface area contributed by atoms with Crippen LogP contribution in [-0.4, -0.2) is 15.1 Å². The SMILES string of the molecule is Cc1nc2cc(NC(C)c3nc(C(C)C)no3)ccc2o1. The standard InChI is InChI=1S/C15H18N4O2/c1-8(2)14-18-15(21-19-14)9(3)16-11-5-6-13-12(7-11)17-10(4)20-13/h5-9,16H,1-4H3. The van der Waals surface area contributed by atoms with Crippen molar-refractivity contribution in [2.45, 2.75) is 39.7 Å². The average Bonchev–Trinajstić information content (AvgIpc) is 3.03. The maximum absolute atomic E-state index is 5.46. The molecule has 0 bridgehead atoms. The molecule has 0 spiro atoms. The number of oxazole rings is 1. The fourth-order valence-corrected chi connectivity index (χ4v) is 2.10. The number of hydrogen-bond donors (Lipinski definition) is 1. The average molecular weight is 286 g/mol. The molecule has 2 aromatic heterocycles. The highest BCUT2D eigenvalue weighted by atomic mass is 16.5. The maximum Gasteiger partial charge on any atom is 0.248 e. The summed E-state index contributed by atoms with van der Waals surface area (Å²) in [5.74, 6) is 2.22.